The fourth-order valence-electron chi connectivity index (χ4n) is 1.88. The van der Waals surface area contributed by atoms with Crippen LogP contribution in [0.25, 0.3) is 0 Å². The second-order valence-corrected chi connectivity index (χ2v) is 4.28. The molecule has 0 radical (unpaired) electrons. The van der Waals surface area contributed by atoms with Gasteiger partial charge < -0.3 is 24.8 Å². The highest BCUT2D eigenvalue weighted by atomic mass is 16.7. The molecule has 1 heterocycles. The standard InChI is InChI=1S/C12H15NO6/c14-6-10-12(16)9(15)5-11(19-10)18-8-3-1-7(13-17)2-4-8/h1-4,9-12,14-16H,5-6H2/t9-,10-,11-,12+/m1/s1. The fourth-order valence-corrected chi connectivity index (χ4v) is 1.88. The van der Waals surface area contributed by atoms with Crippen LogP contribution in [0.15, 0.2) is 29.4 Å². The van der Waals surface area contributed by atoms with Gasteiger partial charge in [0.1, 0.15) is 23.6 Å². The summed E-state index contributed by atoms with van der Waals surface area (Å²) in [5, 5.41) is 31.0. The lowest BCUT2D eigenvalue weighted by atomic mass is 10.0. The lowest BCUT2D eigenvalue weighted by molar-refractivity contribution is -0.229. The topological polar surface area (TPSA) is 109 Å². The Labute approximate surface area is 109 Å². The number of nitrogens with zero attached hydrogens (tertiary/aromatic N) is 1. The zero-order chi connectivity index (χ0) is 13.8. The minimum Gasteiger partial charge on any atom is -0.465 e. The average Bonchev–Trinajstić information content (AvgIpc) is 2.43. The largest absolute Gasteiger partial charge is 0.465 e. The van der Waals surface area contributed by atoms with Crippen LogP contribution in [-0.2, 0) is 4.74 Å². The third-order valence-electron chi connectivity index (χ3n) is 2.93. The van der Waals surface area contributed by atoms with Gasteiger partial charge in [-0.2, -0.15) is 0 Å². The van der Waals surface area contributed by atoms with E-state index in [1.54, 1.807) is 12.1 Å². The molecule has 3 N–H and O–H groups in total. The van der Waals surface area contributed by atoms with Gasteiger partial charge in [-0.25, -0.2) is 0 Å². The molecule has 7 heteroatoms. The van der Waals surface area contributed by atoms with Crippen molar-refractivity contribution in [2.24, 2.45) is 5.18 Å². The van der Waals surface area contributed by atoms with E-state index in [1.165, 1.54) is 12.1 Å². The molecule has 1 saturated heterocycles. The van der Waals surface area contributed by atoms with Crippen molar-refractivity contribution in [2.75, 3.05) is 6.61 Å². The lowest BCUT2D eigenvalue weighted by Crippen LogP contribution is -2.51. The van der Waals surface area contributed by atoms with Gasteiger partial charge in [-0.3, -0.25) is 0 Å². The molecule has 0 bridgehead atoms. The minimum atomic E-state index is -1.13. The van der Waals surface area contributed by atoms with E-state index < -0.39 is 31.2 Å². The van der Waals surface area contributed by atoms with Crippen LogP contribution >= 0.6 is 0 Å². The smallest absolute Gasteiger partial charge is 0.202 e. The fraction of sp³-hybridized carbons (Fsp3) is 0.500. The number of hydrogen-bond acceptors (Lipinski definition) is 7. The molecule has 0 amide bonds. The molecule has 1 aliphatic rings. The van der Waals surface area contributed by atoms with Crippen molar-refractivity contribution < 1.29 is 24.8 Å². The molecule has 1 aliphatic heterocycles. The zero-order valence-electron chi connectivity index (χ0n) is 10.0. The molecular formula is C12H15NO6. The summed E-state index contributed by atoms with van der Waals surface area (Å²) in [5.74, 6) is 0.442. The highest BCUT2D eigenvalue weighted by Crippen LogP contribution is 2.25. The third-order valence-corrected chi connectivity index (χ3v) is 2.93. The molecule has 0 spiro atoms. The summed E-state index contributed by atoms with van der Waals surface area (Å²) in [6.45, 7) is -0.411. The molecule has 0 unspecified atom stereocenters. The highest BCUT2D eigenvalue weighted by molar-refractivity contribution is 5.40. The molecule has 0 aliphatic carbocycles. The second-order valence-electron chi connectivity index (χ2n) is 4.28. The van der Waals surface area contributed by atoms with E-state index in [1.807, 2.05) is 0 Å². The van der Waals surface area contributed by atoms with Gasteiger partial charge in [0.05, 0.1) is 12.7 Å². The summed E-state index contributed by atoms with van der Waals surface area (Å²) < 4.78 is 10.8. The van der Waals surface area contributed by atoms with E-state index >= 15 is 0 Å². The van der Waals surface area contributed by atoms with Crippen molar-refractivity contribution in [1.29, 1.82) is 0 Å². The van der Waals surface area contributed by atoms with Crippen molar-refractivity contribution in [2.45, 2.75) is 31.0 Å². The maximum absolute atomic E-state index is 10.3. The summed E-state index contributed by atoms with van der Waals surface area (Å²) in [6.07, 6.45) is -3.72. The van der Waals surface area contributed by atoms with Crippen LogP contribution in [-0.4, -0.2) is 46.5 Å². The molecule has 0 saturated carbocycles. The monoisotopic (exact) mass is 269 g/mol. The Morgan fingerprint density at radius 1 is 1.32 bits per heavy atom. The average molecular weight is 269 g/mol. The van der Waals surface area contributed by atoms with Crippen LogP contribution in [0.4, 0.5) is 5.69 Å². The van der Waals surface area contributed by atoms with Crippen LogP contribution in [0.1, 0.15) is 6.42 Å². The van der Waals surface area contributed by atoms with Crippen molar-refractivity contribution in [3.05, 3.63) is 29.2 Å². The Morgan fingerprint density at radius 2 is 2.00 bits per heavy atom. The van der Waals surface area contributed by atoms with Crippen LogP contribution in [0, 0.1) is 4.91 Å². The first-order chi connectivity index (χ1) is 9.13. The van der Waals surface area contributed by atoms with Gasteiger partial charge in [0, 0.05) is 6.42 Å². The number of aliphatic hydroxyl groups excluding tert-OH is 3. The predicted octanol–water partition coefficient (Wildman–Crippen LogP) is 0.292. The SMILES string of the molecule is O=Nc1ccc(O[C@H]2C[C@@H](O)[C@H](O)[C@@H](CO)O2)cc1. The van der Waals surface area contributed by atoms with E-state index in [2.05, 4.69) is 5.18 Å². The van der Waals surface area contributed by atoms with Gasteiger partial charge >= 0.3 is 0 Å². The van der Waals surface area contributed by atoms with E-state index in [9.17, 15) is 15.1 Å². The maximum atomic E-state index is 10.3. The molecule has 4 atom stereocenters. The first-order valence-electron chi connectivity index (χ1n) is 5.86. The maximum Gasteiger partial charge on any atom is 0.202 e. The van der Waals surface area contributed by atoms with Gasteiger partial charge in [-0.1, -0.05) is 0 Å². The summed E-state index contributed by atoms with van der Waals surface area (Å²) in [7, 11) is 0. The second kappa shape index (κ2) is 6.07. The first-order valence-corrected chi connectivity index (χ1v) is 5.86. The molecule has 1 aromatic carbocycles. The highest BCUT2D eigenvalue weighted by Gasteiger charge is 2.37. The molecule has 7 nitrogen and oxygen atoms in total. The summed E-state index contributed by atoms with van der Waals surface area (Å²) in [6, 6.07) is 6.07. The summed E-state index contributed by atoms with van der Waals surface area (Å²) in [4.78, 5) is 10.3. The van der Waals surface area contributed by atoms with Crippen LogP contribution in [0.5, 0.6) is 5.75 Å². The molecule has 104 valence electrons. The zero-order valence-corrected chi connectivity index (χ0v) is 10.0. The molecule has 1 fully saturated rings. The van der Waals surface area contributed by atoms with E-state index in [-0.39, 0.29) is 12.1 Å². The van der Waals surface area contributed by atoms with Crippen molar-refractivity contribution in [3.8, 4) is 5.75 Å². The van der Waals surface area contributed by atoms with E-state index in [0.29, 0.717) is 5.75 Å². The number of aliphatic hydroxyl groups is 3. The summed E-state index contributed by atoms with van der Waals surface area (Å²) >= 11 is 0. The Morgan fingerprint density at radius 3 is 2.58 bits per heavy atom. The minimum absolute atomic E-state index is 0.0886. The molecule has 0 aromatic heterocycles. The van der Waals surface area contributed by atoms with Gasteiger partial charge in [0.25, 0.3) is 0 Å². The molecule has 1 aromatic rings. The van der Waals surface area contributed by atoms with E-state index in [4.69, 9.17) is 14.6 Å². The Hall–Kier alpha value is -1.54. The molecular weight excluding hydrogens is 254 g/mol. The lowest BCUT2D eigenvalue weighted by Gasteiger charge is -2.36. The van der Waals surface area contributed by atoms with E-state index in [0.717, 1.165) is 0 Å². The Balaban J connectivity index is 2.00. The number of rotatable bonds is 4. The van der Waals surface area contributed by atoms with Gasteiger partial charge in [-0.15, -0.1) is 4.91 Å². The van der Waals surface area contributed by atoms with Crippen LogP contribution in [0.3, 0.4) is 0 Å². The van der Waals surface area contributed by atoms with Gasteiger partial charge in [0.2, 0.25) is 6.29 Å². The van der Waals surface area contributed by atoms with Gasteiger partial charge in [0.15, 0.2) is 0 Å². The first kappa shape index (κ1) is 13.9. The number of nitroso groups, excluding NO2 is 1. The quantitative estimate of drug-likeness (QED) is 0.678. The summed E-state index contributed by atoms with van der Waals surface area (Å²) in [5.41, 5.74) is 0.278. The molecule has 19 heavy (non-hydrogen) atoms. The van der Waals surface area contributed by atoms with Crippen molar-refractivity contribution in [1.82, 2.24) is 0 Å². The predicted molar refractivity (Wildman–Crippen MR) is 64.9 cm³/mol. The number of hydrogen-bond donors (Lipinski definition) is 3. The van der Waals surface area contributed by atoms with Crippen LogP contribution in [0.2, 0.25) is 0 Å². The normalized spacial score (nSPS) is 30.9. The van der Waals surface area contributed by atoms with Crippen molar-refractivity contribution >= 4 is 5.69 Å². The number of benzene rings is 1. The molecule has 2 rings (SSSR count). The number of ether oxygens (including phenoxy) is 2. The van der Waals surface area contributed by atoms with Crippen molar-refractivity contribution in [3.63, 3.8) is 0 Å². The Kier molecular flexibility index (Phi) is 4.43. The Bertz CT molecular complexity index is 423. The van der Waals surface area contributed by atoms with Gasteiger partial charge in [-0.05, 0) is 29.4 Å². The van der Waals surface area contributed by atoms with Crippen LogP contribution < -0.4 is 4.74 Å². The third kappa shape index (κ3) is 3.27.